The highest BCUT2D eigenvalue weighted by molar-refractivity contribution is 9.10. The van der Waals surface area contributed by atoms with Crippen LogP contribution in [0.1, 0.15) is 20.8 Å². The highest BCUT2D eigenvalue weighted by Crippen LogP contribution is 2.30. The Kier molecular flexibility index (Phi) is 4.75. The summed E-state index contributed by atoms with van der Waals surface area (Å²) in [5.74, 6) is -0.437. The van der Waals surface area contributed by atoms with E-state index in [9.17, 15) is 12.8 Å². The molecule has 0 aliphatic carbocycles. The van der Waals surface area contributed by atoms with E-state index in [-0.39, 0.29) is 4.90 Å². The Morgan fingerprint density at radius 1 is 1.09 bits per heavy atom. The Labute approximate surface area is 138 Å². The lowest BCUT2D eigenvalue weighted by Crippen LogP contribution is -2.40. The summed E-state index contributed by atoms with van der Waals surface area (Å²) in [7, 11) is -3.70. The minimum atomic E-state index is -3.70. The second-order valence-corrected chi connectivity index (χ2v) is 8.49. The van der Waals surface area contributed by atoms with Crippen molar-refractivity contribution in [3.63, 3.8) is 0 Å². The van der Waals surface area contributed by atoms with Crippen LogP contribution in [0.15, 0.2) is 51.8 Å². The SMILES string of the molecule is CC(C)(C)NS(=O)(=O)c1ccccc1-c1ccc(Br)c(F)c1. The fraction of sp³-hybridized carbons (Fsp3) is 0.250. The van der Waals surface area contributed by atoms with Crippen LogP contribution in [0.3, 0.4) is 0 Å². The Morgan fingerprint density at radius 3 is 2.32 bits per heavy atom. The molecule has 0 unspecified atom stereocenters. The summed E-state index contributed by atoms with van der Waals surface area (Å²) in [6.45, 7) is 5.31. The van der Waals surface area contributed by atoms with E-state index in [1.165, 1.54) is 12.1 Å². The first-order chi connectivity index (χ1) is 10.1. The molecule has 0 fully saturated rings. The van der Waals surface area contributed by atoms with Crippen LogP contribution in [0.25, 0.3) is 11.1 Å². The van der Waals surface area contributed by atoms with Crippen molar-refractivity contribution in [1.82, 2.24) is 4.72 Å². The number of hydrogen-bond acceptors (Lipinski definition) is 2. The smallest absolute Gasteiger partial charge is 0.207 e. The van der Waals surface area contributed by atoms with Crippen LogP contribution in [0, 0.1) is 5.82 Å². The zero-order chi connectivity index (χ0) is 16.5. The van der Waals surface area contributed by atoms with Gasteiger partial charge in [-0.05, 0) is 60.5 Å². The molecule has 0 saturated heterocycles. The summed E-state index contributed by atoms with van der Waals surface area (Å²) in [6, 6.07) is 11.1. The van der Waals surface area contributed by atoms with Gasteiger partial charge in [-0.15, -0.1) is 0 Å². The average molecular weight is 386 g/mol. The van der Waals surface area contributed by atoms with E-state index in [4.69, 9.17) is 0 Å². The Morgan fingerprint density at radius 2 is 1.73 bits per heavy atom. The topological polar surface area (TPSA) is 46.2 Å². The van der Waals surface area contributed by atoms with E-state index < -0.39 is 21.4 Å². The summed E-state index contributed by atoms with van der Waals surface area (Å²) < 4.78 is 41.9. The van der Waals surface area contributed by atoms with Gasteiger partial charge in [0.15, 0.2) is 0 Å². The first-order valence-electron chi connectivity index (χ1n) is 6.68. The largest absolute Gasteiger partial charge is 0.241 e. The lowest BCUT2D eigenvalue weighted by Gasteiger charge is -2.21. The summed E-state index contributed by atoms with van der Waals surface area (Å²) in [6.07, 6.45) is 0. The third kappa shape index (κ3) is 3.94. The minimum Gasteiger partial charge on any atom is -0.207 e. The number of benzene rings is 2. The standard InChI is InChI=1S/C16H17BrFNO2S/c1-16(2,3)19-22(20,21)15-7-5-4-6-12(15)11-8-9-13(17)14(18)10-11/h4-10,19H,1-3H3. The van der Waals surface area contributed by atoms with Gasteiger partial charge < -0.3 is 0 Å². The van der Waals surface area contributed by atoms with Crippen molar-refractivity contribution in [1.29, 1.82) is 0 Å². The molecule has 2 rings (SSSR count). The fourth-order valence-electron chi connectivity index (χ4n) is 2.06. The van der Waals surface area contributed by atoms with Crippen molar-refractivity contribution in [3.05, 3.63) is 52.8 Å². The van der Waals surface area contributed by atoms with E-state index in [1.54, 1.807) is 51.1 Å². The summed E-state index contributed by atoms with van der Waals surface area (Å²) in [4.78, 5) is 0.131. The number of hydrogen-bond donors (Lipinski definition) is 1. The van der Waals surface area contributed by atoms with E-state index in [2.05, 4.69) is 20.7 Å². The molecular formula is C16H17BrFNO2S. The van der Waals surface area contributed by atoms with Crippen molar-refractivity contribution in [2.24, 2.45) is 0 Å². The van der Waals surface area contributed by atoms with Crippen LogP contribution in [-0.4, -0.2) is 14.0 Å². The summed E-state index contributed by atoms with van der Waals surface area (Å²) >= 11 is 3.09. The second-order valence-electron chi connectivity index (χ2n) is 5.98. The molecule has 0 aliphatic rings. The molecule has 1 N–H and O–H groups in total. The third-order valence-electron chi connectivity index (χ3n) is 2.85. The number of sulfonamides is 1. The van der Waals surface area contributed by atoms with Gasteiger partial charge in [0.05, 0.1) is 9.37 Å². The lowest BCUT2D eigenvalue weighted by molar-refractivity contribution is 0.491. The predicted octanol–water partition coefficient (Wildman–Crippen LogP) is 4.33. The first-order valence-corrected chi connectivity index (χ1v) is 8.96. The van der Waals surface area contributed by atoms with Gasteiger partial charge in [-0.25, -0.2) is 17.5 Å². The molecule has 3 nitrogen and oxygen atoms in total. The molecule has 22 heavy (non-hydrogen) atoms. The van der Waals surface area contributed by atoms with Gasteiger partial charge in [0.1, 0.15) is 5.82 Å². The van der Waals surface area contributed by atoms with Gasteiger partial charge in [0, 0.05) is 11.1 Å². The Balaban J connectivity index is 2.58. The first kappa shape index (κ1) is 17.1. The molecule has 2 aromatic carbocycles. The number of halogens is 2. The third-order valence-corrected chi connectivity index (χ3v) is 5.31. The van der Waals surface area contributed by atoms with Gasteiger partial charge in [-0.1, -0.05) is 24.3 Å². The molecule has 0 radical (unpaired) electrons. The van der Waals surface area contributed by atoms with Crippen molar-refractivity contribution >= 4 is 26.0 Å². The maximum absolute atomic E-state index is 13.8. The molecular weight excluding hydrogens is 369 g/mol. The molecule has 6 heteroatoms. The molecule has 0 saturated carbocycles. The maximum atomic E-state index is 13.8. The van der Waals surface area contributed by atoms with Gasteiger partial charge in [-0.2, -0.15) is 0 Å². The van der Waals surface area contributed by atoms with Crippen molar-refractivity contribution in [3.8, 4) is 11.1 Å². The normalized spacial score (nSPS) is 12.4. The van der Waals surface area contributed by atoms with Gasteiger partial charge in [0.25, 0.3) is 0 Å². The monoisotopic (exact) mass is 385 g/mol. The molecule has 0 aromatic heterocycles. The number of rotatable bonds is 3. The molecule has 0 amide bonds. The van der Waals surface area contributed by atoms with Crippen LogP contribution >= 0.6 is 15.9 Å². The van der Waals surface area contributed by atoms with E-state index in [0.29, 0.717) is 15.6 Å². The lowest BCUT2D eigenvalue weighted by atomic mass is 10.1. The van der Waals surface area contributed by atoms with Crippen LogP contribution in [0.5, 0.6) is 0 Å². The molecule has 2 aromatic rings. The van der Waals surface area contributed by atoms with Gasteiger partial charge >= 0.3 is 0 Å². The zero-order valence-corrected chi connectivity index (χ0v) is 14.9. The van der Waals surface area contributed by atoms with Crippen molar-refractivity contribution in [2.45, 2.75) is 31.2 Å². The molecule has 0 atom stereocenters. The summed E-state index contributed by atoms with van der Waals surface area (Å²) in [5, 5.41) is 0. The zero-order valence-electron chi connectivity index (χ0n) is 12.5. The fourth-order valence-corrected chi connectivity index (χ4v) is 3.96. The second kappa shape index (κ2) is 6.10. The molecule has 0 aliphatic heterocycles. The van der Waals surface area contributed by atoms with Crippen molar-refractivity contribution in [2.75, 3.05) is 0 Å². The Hall–Kier alpha value is -1.24. The molecule has 118 valence electrons. The van der Waals surface area contributed by atoms with E-state index >= 15 is 0 Å². The Bertz CT molecular complexity index is 798. The maximum Gasteiger partial charge on any atom is 0.241 e. The van der Waals surface area contributed by atoms with Crippen LogP contribution < -0.4 is 4.72 Å². The number of nitrogens with one attached hydrogen (secondary N) is 1. The van der Waals surface area contributed by atoms with Gasteiger partial charge in [-0.3, -0.25) is 0 Å². The van der Waals surface area contributed by atoms with Crippen molar-refractivity contribution < 1.29 is 12.8 Å². The van der Waals surface area contributed by atoms with E-state index in [1.807, 2.05) is 0 Å². The highest BCUT2D eigenvalue weighted by Gasteiger charge is 2.24. The minimum absolute atomic E-state index is 0.131. The average Bonchev–Trinajstić information content (AvgIpc) is 2.39. The predicted molar refractivity (Wildman–Crippen MR) is 89.6 cm³/mol. The molecule has 0 spiro atoms. The van der Waals surface area contributed by atoms with Gasteiger partial charge in [0.2, 0.25) is 10.0 Å². The highest BCUT2D eigenvalue weighted by atomic mass is 79.9. The quantitative estimate of drug-likeness (QED) is 0.854. The van der Waals surface area contributed by atoms with Crippen LogP contribution in [0.2, 0.25) is 0 Å². The molecule has 0 bridgehead atoms. The van der Waals surface area contributed by atoms with E-state index in [0.717, 1.165) is 0 Å². The van der Waals surface area contributed by atoms with Crippen LogP contribution in [-0.2, 0) is 10.0 Å². The summed E-state index contributed by atoms with van der Waals surface area (Å²) in [5.41, 5.74) is 0.373. The molecule has 0 heterocycles. The van der Waals surface area contributed by atoms with Crippen LogP contribution in [0.4, 0.5) is 4.39 Å².